The van der Waals surface area contributed by atoms with Gasteiger partial charge in [0.25, 0.3) is 0 Å². The molecule has 0 saturated carbocycles. The highest BCUT2D eigenvalue weighted by Gasteiger charge is 2.35. The van der Waals surface area contributed by atoms with Gasteiger partial charge < -0.3 is 0 Å². The van der Waals surface area contributed by atoms with Crippen LogP contribution in [0.2, 0.25) is 0 Å². The van der Waals surface area contributed by atoms with E-state index in [1.165, 1.54) is 60.1 Å². The Hall–Kier alpha value is -8.01. The molecule has 0 fully saturated rings. The number of hydrogen-bond acceptors (Lipinski definition) is 3. The largest absolute Gasteiger partial charge is 0.208 e. The van der Waals surface area contributed by atoms with Crippen molar-refractivity contribution in [2.24, 2.45) is 0 Å². The van der Waals surface area contributed by atoms with Crippen molar-refractivity contribution in [3.05, 3.63) is 223 Å². The van der Waals surface area contributed by atoms with Crippen LogP contribution in [0.4, 0.5) is 0 Å². The Morgan fingerprint density at radius 1 is 0.286 bits per heavy atom. The van der Waals surface area contributed by atoms with Gasteiger partial charge in [0.05, 0.1) is 0 Å². The van der Waals surface area contributed by atoms with E-state index in [0.717, 1.165) is 44.5 Å². The standard InChI is InChI=1S/C60H41N3/c1-60(2)54-27-15-14-24-48(54)53-37-43(33-35-55(53)60)46-22-11-13-26-51(46)59-62-57(61-58(63-59)50-25-12-10-20-44(50)38-16-4-3-5-17-38)41-30-28-40(29-31-41)56-47-23-9-7-19-42(47)36-52-45-21-8-6-18-39(45)32-34-49(52)56/h3-37H,1-2H3. The first kappa shape index (κ1) is 36.8. The molecular weight excluding hydrogens is 763 g/mol. The predicted octanol–water partition coefficient (Wildman–Crippen LogP) is 15.6. The van der Waals surface area contributed by atoms with Gasteiger partial charge in [-0.3, -0.25) is 0 Å². The molecular formula is C60H41N3. The fourth-order valence-corrected chi connectivity index (χ4v) is 10.0. The molecule has 1 aliphatic carbocycles. The van der Waals surface area contributed by atoms with Crippen LogP contribution in [-0.2, 0) is 5.41 Å². The minimum absolute atomic E-state index is 0.0707. The topological polar surface area (TPSA) is 38.7 Å². The highest BCUT2D eigenvalue weighted by molar-refractivity contribution is 6.20. The normalized spacial score (nSPS) is 12.7. The van der Waals surface area contributed by atoms with Gasteiger partial charge in [-0.2, -0.15) is 0 Å². The fourth-order valence-electron chi connectivity index (χ4n) is 10.0. The van der Waals surface area contributed by atoms with Gasteiger partial charge in [-0.25, -0.2) is 15.0 Å². The monoisotopic (exact) mass is 803 g/mol. The van der Waals surface area contributed by atoms with Crippen LogP contribution in [0.25, 0.3) is 111 Å². The Bertz CT molecular complexity index is 3590. The van der Waals surface area contributed by atoms with E-state index < -0.39 is 0 Å². The summed E-state index contributed by atoms with van der Waals surface area (Å²) in [7, 11) is 0. The first-order valence-electron chi connectivity index (χ1n) is 21.7. The van der Waals surface area contributed by atoms with E-state index in [1.807, 2.05) is 6.07 Å². The van der Waals surface area contributed by atoms with Crippen LogP contribution in [0.3, 0.4) is 0 Å². The first-order valence-corrected chi connectivity index (χ1v) is 21.7. The smallest absolute Gasteiger partial charge is 0.164 e. The summed E-state index contributed by atoms with van der Waals surface area (Å²) in [4.78, 5) is 16.0. The quantitative estimate of drug-likeness (QED) is 0.124. The third-order valence-corrected chi connectivity index (χ3v) is 13.2. The summed E-state index contributed by atoms with van der Waals surface area (Å²) < 4.78 is 0. The number of benzene rings is 10. The van der Waals surface area contributed by atoms with Crippen LogP contribution >= 0.6 is 0 Å². The lowest BCUT2D eigenvalue weighted by molar-refractivity contribution is 0.660. The number of nitrogens with zero attached hydrogens (tertiary/aromatic N) is 3. The number of hydrogen-bond donors (Lipinski definition) is 0. The molecule has 11 aromatic rings. The third-order valence-electron chi connectivity index (χ3n) is 13.2. The fraction of sp³-hybridized carbons (Fsp3) is 0.0500. The van der Waals surface area contributed by atoms with Gasteiger partial charge in [-0.15, -0.1) is 0 Å². The Kier molecular flexibility index (Phi) is 8.52. The molecule has 10 aromatic carbocycles. The van der Waals surface area contributed by atoms with Crippen molar-refractivity contribution in [3.8, 4) is 78.7 Å². The Labute approximate surface area is 367 Å². The zero-order valence-electron chi connectivity index (χ0n) is 35.0. The molecule has 0 saturated heterocycles. The molecule has 0 unspecified atom stereocenters. The highest BCUT2D eigenvalue weighted by atomic mass is 15.0. The van der Waals surface area contributed by atoms with Crippen molar-refractivity contribution < 1.29 is 0 Å². The van der Waals surface area contributed by atoms with E-state index in [1.54, 1.807) is 0 Å². The lowest BCUT2D eigenvalue weighted by Crippen LogP contribution is -2.14. The SMILES string of the molecule is CC1(C)c2ccccc2-c2cc(-c3ccccc3-c3nc(-c4ccc(-c5c6ccccc6cc6c5ccc5ccccc56)cc4)nc(-c4ccccc4-c4ccccc4)n3)ccc21. The molecule has 1 aliphatic rings. The van der Waals surface area contributed by atoms with E-state index in [-0.39, 0.29) is 5.41 Å². The Morgan fingerprint density at radius 2 is 0.810 bits per heavy atom. The first-order chi connectivity index (χ1) is 31.0. The molecule has 1 aromatic heterocycles. The second kappa shape index (κ2) is 14.6. The van der Waals surface area contributed by atoms with E-state index in [4.69, 9.17) is 15.0 Å². The molecule has 3 heteroatoms. The lowest BCUT2D eigenvalue weighted by Gasteiger charge is -2.21. The van der Waals surface area contributed by atoms with Gasteiger partial charge in [0, 0.05) is 22.1 Å². The second-order valence-corrected chi connectivity index (χ2v) is 17.1. The molecule has 0 bridgehead atoms. The maximum atomic E-state index is 5.34. The van der Waals surface area contributed by atoms with Crippen molar-refractivity contribution >= 4 is 32.3 Å². The summed E-state index contributed by atoms with van der Waals surface area (Å²) in [5.74, 6) is 1.88. The predicted molar refractivity (Wildman–Crippen MR) is 263 cm³/mol. The van der Waals surface area contributed by atoms with Crippen molar-refractivity contribution in [2.45, 2.75) is 19.3 Å². The molecule has 296 valence electrons. The number of aromatic nitrogens is 3. The molecule has 0 spiro atoms. The van der Waals surface area contributed by atoms with Gasteiger partial charge in [-0.05, 0) is 100 Å². The van der Waals surface area contributed by atoms with Crippen LogP contribution in [0.1, 0.15) is 25.0 Å². The maximum absolute atomic E-state index is 5.34. The van der Waals surface area contributed by atoms with E-state index in [0.29, 0.717) is 17.5 Å². The molecule has 0 N–H and O–H groups in total. The Morgan fingerprint density at radius 3 is 1.54 bits per heavy atom. The van der Waals surface area contributed by atoms with Crippen molar-refractivity contribution in [2.75, 3.05) is 0 Å². The summed E-state index contributed by atoms with van der Waals surface area (Å²) in [6.45, 7) is 4.65. The van der Waals surface area contributed by atoms with Gasteiger partial charge in [0.15, 0.2) is 17.5 Å². The average Bonchev–Trinajstić information content (AvgIpc) is 3.58. The molecule has 3 nitrogen and oxygen atoms in total. The Balaban J connectivity index is 1.03. The minimum Gasteiger partial charge on any atom is -0.208 e. The second-order valence-electron chi connectivity index (χ2n) is 17.1. The summed E-state index contributed by atoms with van der Waals surface area (Å²) >= 11 is 0. The zero-order valence-corrected chi connectivity index (χ0v) is 35.0. The van der Waals surface area contributed by atoms with Crippen LogP contribution in [0, 0.1) is 0 Å². The average molecular weight is 804 g/mol. The summed E-state index contributed by atoms with van der Waals surface area (Å²) in [5.41, 5.74) is 14.8. The number of fused-ring (bicyclic) bond motifs is 7. The van der Waals surface area contributed by atoms with Gasteiger partial charge in [0.2, 0.25) is 0 Å². The zero-order chi connectivity index (χ0) is 42.1. The van der Waals surface area contributed by atoms with Crippen LogP contribution in [0.15, 0.2) is 212 Å². The van der Waals surface area contributed by atoms with Gasteiger partial charge in [0.1, 0.15) is 0 Å². The van der Waals surface area contributed by atoms with Crippen molar-refractivity contribution in [1.82, 2.24) is 15.0 Å². The third kappa shape index (κ3) is 6.07. The summed E-state index contributed by atoms with van der Waals surface area (Å²) in [5, 5.41) is 7.43. The van der Waals surface area contributed by atoms with Gasteiger partial charge in [-0.1, -0.05) is 214 Å². The minimum atomic E-state index is -0.0707. The van der Waals surface area contributed by atoms with Crippen molar-refractivity contribution in [1.29, 1.82) is 0 Å². The number of rotatable bonds is 6. The maximum Gasteiger partial charge on any atom is 0.164 e. The van der Waals surface area contributed by atoms with E-state index in [9.17, 15) is 0 Å². The van der Waals surface area contributed by atoms with Gasteiger partial charge >= 0.3 is 0 Å². The molecule has 0 amide bonds. The van der Waals surface area contributed by atoms with Crippen molar-refractivity contribution in [3.63, 3.8) is 0 Å². The molecule has 0 radical (unpaired) electrons. The van der Waals surface area contributed by atoms with Crippen LogP contribution < -0.4 is 0 Å². The summed E-state index contributed by atoms with van der Waals surface area (Å²) in [6, 6.07) is 76.2. The molecule has 12 rings (SSSR count). The van der Waals surface area contributed by atoms with Crippen LogP contribution in [-0.4, -0.2) is 15.0 Å². The molecule has 0 atom stereocenters. The molecule has 0 aliphatic heterocycles. The molecule has 1 heterocycles. The van der Waals surface area contributed by atoms with E-state index in [2.05, 4.69) is 220 Å². The highest BCUT2D eigenvalue weighted by Crippen LogP contribution is 2.50. The molecule has 63 heavy (non-hydrogen) atoms. The lowest BCUT2D eigenvalue weighted by atomic mass is 9.82. The summed E-state index contributed by atoms with van der Waals surface area (Å²) in [6.07, 6.45) is 0. The van der Waals surface area contributed by atoms with Crippen LogP contribution in [0.5, 0.6) is 0 Å². The van der Waals surface area contributed by atoms with E-state index >= 15 is 0 Å².